The molecule has 0 aliphatic rings. The molecule has 160 valence electrons. The van der Waals surface area contributed by atoms with Crippen molar-refractivity contribution < 1.29 is 22.7 Å². The van der Waals surface area contributed by atoms with Gasteiger partial charge in [0.1, 0.15) is 0 Å². The van der Waals surface area contributed by atoms with Crippen molar-refractivity contribution in [3.05, 3.63) is 96.1 Å². The second kappa shape index (κ2) is 10.4. The molecule has 8 heteroatoms. The summed E-state index contributed by atoms with van der Waals surface area (Å²) >= 11 is 0. The van der Waals surface area contributed by atoms with Crippen LogP contribution in [0.4, 0.5) is 5.69 Å². The van der Waals surface area contributed by atoms with E-state index in [1.165, 1.54) is 24.3 Å². The maximum atomic E-state index is 12.4. The monoisotopic (exact) mass is 438 g/mol. The second-order valence-electron chi connectivity index (χ2n) is 6.66. The third kappa shape index (κ3) is 6.68. The molecule has 0 spiro atoms. The van der Waals surface area contributed by atoms with Crippen LogP contribution < -0.4 is 10.0 Å². The minimum Gasteiger partial charge on any atom is -0.452 e. The Bertz CT molecular complexity index is 1120. The number of anilines is 1. The highest BCUT2D eigenvalue weighted by Gasteiger charge is 2.16. The molecule has 0 saturated carbocycles. The number of nitrogens with one attached hydrogen (secondary N) is 2. The van der Waals surface area contributed by atoms with E-state index in [4.69, 9.17) is 4.74 Å². The average Bonchev–Trinajstić information content (AvgIpc) is 2.79. The number of sulfonamides is 1. The fourth-order valence-electron chi connectivity index (χ4n) is 2.75. The van der Waals surface area contributed by atoms with Crippen LogP contribution in [0.1, 0.15) is 15.9 Å². The van der Waals surface area contributed by atoms with Gasteiger partial charge < -0.3 is 10.1 Å². The van der Waals surface area contributed by atoms with Crippen molar-refractivity contribution in [3.63, 3.8) is 0 Å². The predicted octanol–water partition coefficient (Wildman–Crippen LogP) is 3.00. The molecule has 0 bridgehead atoms. The largest absolute Gasteiger partial charge is 0.452 e. The van der Waals surface area contributed by atoms with E-state index in [9.17, 15) is 18.0 Å². The number of rotatable bonds is 9. The lowest BCUT2D eigenvalue weighted by Crippen LogP contribution is -2.30. The first kappa shape index (κ1) is 22.0. The summed E-state index contributed by atoms with van der Waals surface area (Å²) in [5, 5.41) is 2.69. The molecule has 7 nitrogen and oxygen atoms in total. The second-order valence-corrected chi connectivity index (χ2v) is 8.34. The van der Waals surface area contributed by atoms with E-state index >= 15 is 0 Å². The normalized spacial score (nSPS) is 10.8. The third-order valence-corrected chi connectivity index (χ3v) is 5.74. The molecule has 3 aromatic rings. The van der Waals surface area contributed by atoms with Gasteiger partial charge in [0.05, 0.1) is 10.5 Å². The molecule has 3 rings (SSSR count). The van der Waals surface area contributed by atoms with Gasteiger partial charge in [-0.3, -0.25) is 9.52 Å². The zero-order chi connectivity index (χ0) is 22.1. The van der Waals surface area contributed by atoms with Crippen LogP contribution in [0.3, 0.4) is 0 Å². The highest BCUT2D eigenvalue weighted by atomic mass is 32.2. The first-order valence-corrected chi connectivity index (χ1v) is 11.1. The van der Waals surface area contributed by atoms with Crippen LogP contribution in [0.25, 0.3) is 0 Å². The zero-order valence-electron chi connectivity index (χ0n) is 16.7. The summed E-state index contributed by atoms with van der Waals surface area (Å²) in [6.45, 7) is 0.0185. The van der Waals surface area contributed by atoms with Crippen LogP contribution in [-0.4, -0.2) is 33.4 Å². The van der Waals surface area contributed by atoms with Gasteiger partial charge in [0.15, 0.2) is 6.61 Å². The van der Waals surface area contributed by atoms with Crippen molar-refractivity contribution in [2.75, 3.05) is 17.9 Å². The highest BCUT2D eigenvalue weighted by Crippen LogP contribution is 2.16. The van der Waals surface area contributed by atoms with Crippen LogP contribution in [0.2, 0.25) is 0 Å². The summed E-state index contributed by atoms with van der Waals surface area (Å²) in [6.07, 6.45) is 0.674. The first-order chi connectivity index (χ1) is 14.9. The topological polar surface area (TPSA) is 102 Å². The van der Waals surface area contributed by atoms with Crippen molar-refractivity contribution in [2.45, 2.75) is 11.3 Å². The number of hydrogen-bond acceptors (Lipinski definition) is 5. The minimum atomic E-state index is -3.78. The van der Waals surface area contributed by atoms with Crippen LogP contribution in [-0.2, 0) is 26.0 Å². The summed E-state index contributed by atoms with van der Waals surface area (Å²) < 4.78 is 32.3. The van der Waals surface area contributed by atoms with Crippen molar-refractivity contribution in [1.29, 1.82) is 0 Å². The van der Waals surface area contributed by atoms with Gasteiger partial charge in [-0.2, -0.15) is 0 Å². The Hall–Kier alpha value is -3.65. The predicted molar refractivity (Wildman–Crippen MR) is 117 cm³/mol. The van der Waals surface area contributed by atoms with E-state index in [0.717, 1.165) is 5.56 Å². The average molecular weight is 439 g/mol. The molecule has 0 aliphatic heterocycles. The van der Waals surface area contributed by atoms with Crippen LogP contribution in [0.15, 0.2) is 89.8 Å². The number of carbonyl (C=O) groups excluding carboxylic acids is 2. The molecule has 2 N–H and O–H groups in total. The van der Waals surface area contributed by atoms with Gasteiger partial charge >= 0.3 is 5.97 Å². The van der Waals surface area contributed by atoms with E-state index in [1.807, 2.05) is 30.3 Å². The van der Waals surface area contributed by atoms with Crippen LogP contribution in [0.5, 0.6) is 0 Å². The smallest absolute Gasteiger partial charge is 0.338 e. The van der Waals surface area contributed by atoms with Gasteiger partial charge in [-0.25, -0.2) is 13.2 Å². The Kier molecular flexibility index (Phi) is 7.40. The van der Waals surface area contributed by atoms with Gasteiger partial charge in [-0.15, -0.1) is 0 Å². The number of carbonyl (C=O) groups is 2. The van der Waals surface area contributed by atoms with Crippen molar-refractivity contribution >= 4 is 27.6 Å². The Labute approximate surface area is 181 Å². The Morgan fingerprint density at radius 2 is 1.42 bits per heavy atom. The molecule has 0 radical (unpaired) electrons. The van der Waals surface area contributed by atoms with Gasteiger partial charge in [0, 0.05) is 12.2 Å². The molecular weight excluding hydrogens is 416 g/mol. The maximum absolute atomic E-state index is 12.4. The van der Waals surface area contributed by atoms with Crippen molar-refractivity contribution in [1.82, 2.24) is 5.32 Å². The summed E-state index contributed by atoms with van der Waals surface area (Å²) in [5.41, 5.74) is 1.68. The Balaban J connectivity index is 1.48. The summed E-state index contributed by atoms with van der Waals surface area (Å²) in [4.78, 5) is 24.0. The molecule has 0 aliphatic carbocycles. The standard InChI is InChI=1S/C23H22N2O5S/c26-22(24-16-15-18-7-3-1-4-8-18)17-30-23(27)19-11-13-21(14-12-19)31(28,29)25-20-9-5-2-6-10-20/h1-14,25H,15-17H2,(H,24,26). The number of para-hydroxylation sites is 1. The van der Waals surface area contributed by atoms with Crippen LogP contribution >= 0.6 is 0 Å². The van der Waals surface area contributed by atoms with Crippen molar-refractivity contribution in [3.8, 4) is 0 Å². The lowest BCUT2D eigenvalue weighted by molar-refractivity contribution is -0.124. The lowest BCUT2D eigenvalue weighted by Gasteiger charge is -2.09. The molecule has 0 heterocycles. The van der Waals surface area contributed by atoms with Gasteiger partial charge in [-0.05, 0) is 48.4 Å². The zero-order valence-corrected chi connectivity index (χ0v) is 17.5. The fraction of sp³-hybridized carbons (Fsp3) is 0.130. The quantitative estimate of drug-likeness (QED) is 0.500. The Morgan fingerprint density at radius 3 is 2.06 bits per heavy atom. The molecule has 0 aromatic heterocycles. The number of hydrogen-bond donors (Lipinski definition) is 2. The van der Waals surface area contributed by atoms with Gasteiger partial charge in [0.25, 0.3) is 15.9 Å². The summed E-state index contributed by atoms with van der Waals surface area (Å²) in [6, 6.07) is 23.5. The molecule has 0 fully saturated rings. The highest BCUT2D eigenvalue weighted by molar-refractivity contribution is 7.92. The minimum absolute atomic E-state index is 0.00607. The van der Waals surface area contributed by atoms with Gasteiger partial charge in [-0.1, -0.05) is 48.5 Å². The molecule has 0 saturated heterocycles. The summed E-state index contributed by atoms with van der Waals surface area (Å²) in [7, 11) is -3.78. The van der Waals surface area contributed by atoms with Gasteiger partial charge in [0.2, 0.25) is 0 Å². The van der Waals surface area contributed by atoms with Crippen LogP contribution in [0, 0.1) is 0 Å². The molecule has 31 heavy (non-hydrogen) atoms. The maximum Gasteiger partial charge on any atom is 0.338 e. The summed E-state index contributed by atoms with van der Waals surface area (Å²) in [5.74, 6) is -1.12. The van der Waals surface area contributed by atoms with E-state index in [0.29, 0.717) is 18.7 Å². The fourth-order valence-corrected chi connectivity index (χ4v) is 3.81. The number of ether oxygens (including phenoxy) is 1. The molecule has 3 aromatic carbocycles. The van der Waals surface area contributed by atoms with E-state index < -0.39 is 28.5 Å². The Morgan fingerprint density at radius 1 is 0.806 bits per heavy atom. The number of amides is 1. The number of benzene rings is 3. The lowest BCUT2D eigenvalue weighted by atomic mass is 10.1. The molecule has 1 amide bonds. The van der Waals surface area contributed by atoms with Crippen molar-refractivity contribution in [2.24, 2.45) is 0 Å². The first-order valence-electron chi connectivity index (χ1n) is 9.60. The molecule has 0 unspecified atom stereocenters. The number of esters is 1. The third-order valence-electron chi connectivity index (χ3n) is 4.34. The van der Waals surface area contributed by atoms with E-state index in [-0.39, 0.29) is 10.5 Å². The van der Waals surface area contributed by atoms with E-state index in [1.54, 1.807) is 30.3 Å². The van der Waals surface area contributed by atoms with E-state index in [2.05, 4.69) is 10.0 Å². The SMILES string of the molecule is O=C(COC(=O)c1ccc(S(=O)(=O)Nc2ccccc2)cc1)NCCc1ccccc1. The molecular formula is C23H22N2O5S. The molecule has 0 atom stereocenters.